The normalized spacial score (nSPS) is 14.3. The molecule has 1 aliphatic heterocycles. The molecule has 0 N–H and O–H groups in total. The molecule has 0 radical (unpaired) electrons. The van der Waals surface area contributed by atoms with E-state index < -0.39 is 0 Å². The quantitative estimate of drug-likeness (QED) is 0.637. The molecule has 114 valence electrons. The lowest BCUT2D eigenvalue weighted by Gasteiger charge is -2.25. The average Bonchev–Trinajstić information content (AvgIpc) is 3.07. The molecule has 0 bridgehead atoms. The van der Waals surface area contributed by atoms with Gasteiger partial charge in [0, 0.05) is 24.0 Å². The number of hydrogen-bond acceptors (Lipinski definition) is 2. The molecule has 2 heterocycles. The maximum absolute atomic E-state index is 12.5. The summed E-state index contributed by atoms with van der Waals surface area (Å²) in [4.78, 5) is 15.8. The van der Waals surface area contributed by atoms with Crippen LogP contribution in [0, 0.1) is 0 Å². The first-order valence-corrected chi connectivity index (χ1v) is 8.69. The Kier molecular flexibility index (Phi) is 3.72. The summed E-state index contributed by atoms with van der Waals surface area (Å²) < 4.78 is 0. The smallest absolute Gasteiger partial charge is 0.246 e. The van der Waals surface area contributed by atoms with Gasteiger partial charge in [0.25, 0.3) is 0 Å². The molecule has 1 amide bonds. The second-order valence-electron chi connectivity index (χ2n) is 5.78. The van der Waals surface area contributed by atoms with E-state index >= 15 is 0 Å². The molecule has 4 rings (SSSR count). The number of fused-ring (bicyclic) bond motifs is 2. The first kappa shape index (κ1) is 14.2. The second kappa shape index (κ2) is 6.01. The Bertz CT molecular complexity index is 888. The zero-order valence-corrected chi connectivity index (χ0v) is 13.6. The first-order chi connectivity index (χ1) is 11.3. The van der Waals surface area contributed by atoms with Gasteiger partial charge in [-0.3, -0.25) is 4.79 Å². The van der Waals surface area contributed by atoms with Crippen LogP contribution >= 0.6 is 11.3 Å². The highest BCUT2D eigenvalue weighted by Gasteiger charge is 2.19. The monoisotopic (exact) mass is 319 g/mol. The number of thiophene rings is 1. The van der Waals surface area contributed by atoms with Crippen molar-refractivity contribution in [3.05, 3.63) is 76.0 Å². The standard InChI is InChI=1S/C20H17NOS/c22-20(21-12-10-19-17(14-21)11-13-23-19)9-8-16-6-3-5-15-4-1-2-7-18(15)16/h1-9,11,13H,10,12,14H2/b9-8+. The van der Waals surface area contributed by atoms with Gasteiger partial charge in [0.2, 0.25) is 5.91 Å². The summed E-state index contributed by atoms with van der Waals surface area (Å²) in [5, 5.41) is 4.49. The fraction of sp³-hybridized carbons (Fsp3) is 0.150. The molecule has 0 fully saturated rings. The van der Waals surface area contributed by atoms with Crippen LogP contribution in [0.3, 0.4) is 0 Å². The number of carbonyl (C=O) groups excluding carboxylic acids is 1. The molecule has 23 heavy (non-hydrogen) atoms. The predicted octanol–water partition coefficient (Wildman–Crippen LogP) is 4.50. The van der Waals surface area contributed by atoms with Crippen LogP contribution in [0.4, 0.5) is 0 Å². The van der Waals surface area contributed by atoms with E-state index in [0.29, 0.717) is 0 Å². The van der Waals surface area contributed by atoms with Crippen LogP contribution in [0.15, 0.2) is 60.0 Å². The van der Waals surface area contributed by atoms with Crippen molar-refractivity contribution in [3.8, 4) is 0 Å². The summed E-state index contributed by atoms with van der Waals surface area (Å²) >= 11 is 1.79. The molecule has 3 aromatic rings. The van der Waals surface area contributed by atoms with Crippen LogP contribution < -0.4 is 0 Å². The Morgan fingerprint density at radius 2 is 1.96 bits per heavy atom. The zero-order chi connectivity index (χ0) is 15.6. The Morgan fingerprint density at radius 1 is 1.09 bits per heavy atom. The lowest BCUT2D eigenvalue weighted by Crippen LogP contribution is -2.34. The number of benzene rings is 2. The van der Waals surface area contributed by atoms with Gasteiger partial charge in [-0.25, -0.2) is 0 Å². The van der Waals surface area contributed by atoms with Crippen LogP contribution in [0.1, 0.15) is 16.0 Å². The number of amides is 1. The maximum atomic E-state index is 12.5. The van der Waals surface area contributed by atoms with Crippen molar-refractivity contribution in [1.82, 2.24) is 4.90 Å². The van der Waals surface area contributed by atoms with E-state index in [1.54, 1.807) is 17.4 Å². The van der Waals surface area contributed by atoms with Crippen molar-refractivity contribution in [2.75, 3.05) is 6.54 Å². The molecule has 1 aromatic heterocycles. The molecule has 0 saturated heterocycles. The van der Waals surface area contributed by atoms with E-state index in [4.69, 9.17) is 0 Å². The van der Waals surface area contributed by atoms with E-state index in [2.05, 4.69) is 35.7 Å². The Hall–Kier alpha value is -2.39. The Labute approximate surface area is 139 Å². The van der Waals surface area contributed by atoms with E-state index in [1.165, 1.54) is 21.2 Å². The van der Waals surface area contributed by atoms with Gasteiger partial charge < -0.3 is 4.90 Å². The maximum Gasteiger partial charge on any atom is 0.246 e. The molecular formula is C20H17NOS. The van der Waals surface area contributed by atoms with Gasteiger partial charge >= 0.3 is 0 Å². The first-order valence-electron chi connectivity index (χ1n) is 7.81. The third kappa shape index (κ3) is 2.80. The molecule has 1 aliphatic rings. The van der Waals surface area contributed by atoms with Crippen molar-refractivity contribution >= 4 is 34.1 Å². The second-order valence-corrected chi connectivity index (χ2v) is 6.78. The molecule has 3 heteroatoms. The number of rotatable bonds is 2. The van der Waals surface area contributed by atoms with Gasteiger partial charge in [0.15, 0.2) is 0 Å². The lowest BCUT2D eigenvalue weighted by molar-refractivity contribution is -0.126. The molecule has 0 unspecified atom stereocenters. The molecule has 0 spiro atoms. The summed E-state index contributed by atoms with van der Waals surface area (Å²) in [5.74, 6) is 0.0924. The minimum absolute atomic E-state index is 0.0924. The highest BCUT2D eigenvalue weighted by Crippen LogP contribution is 2.24. The zero-order valence-electron chi connectivity index (χ0n) is 12.7. The summed E-state index contributed by atoms with van der Waals surface area (Å²) in [6, 6.07) is 16.6. The van der Waals surface area contributed by atoms with Gasteiger partial charge in [-0.2, -0.15) is 0 Å². The third-order valence-electron chi connectivity index (χ3n) is 4.35. The van der Waals surface area contributed by atoms with Crippen LogP contribution in [-0.4, -0.2) is 17.4 Å². The van der Waals surface area contributed by atoms with Crippen LogP contribution in [0.25, 0.3) is 16.8 Å². The third-order valence-corrected chi connectivity index (χ3v) is 5.37. The lowest BCUT2D eigenvalue weighted by atomic mass is 10.0. The largest absolute Gasteiger partial charge is 0.334 e. The summed E-state index contributed by atoms with van der Waals surface area (Å²) in [6.45, 7) is 1.55. The van der Waals surface area contributed by atoms with E-state index in [1.807, 2.05) is 29.2 Å². The Morgan fingerprint density at radius 3 is 2.91 bits per heavy atom. The summed E-state index contributed by atoms with van der Waals surface area (Å²) in [7, 11) is 0. The van der Waals surface area contributed by atoms with Crippen molar-refractivity contribution in [2.24, 2.45) is 0 Å². The predicted molar refractivity (Wildman–Crippen MR) is 96.4 cm³/mol. The van der Waals surface area contributed by atoms with E-state index in [-0.39, 0.29) is 5.91 Å². The van der Waals surface area contributed by atoms with Crippen molar-refractivity contribution in [1.29, 1.82) is 0 Å². The van der Waals surface area contributed by atoms with Crippen molar-refractivity contribution < 1.29 is 4.79 Å². The number of nitrogens with zero attached hydrogens (tertiary/aromatic N) is 1. The average molecular weight is 319 g/mol. The SMILES string of the molecule is O=C(/C=C/c1cccc2ccccc12)N1CCc2sccc2C1. The van der Waals surface area contributed by atoms with Crippen LogP contribution in [-0.2, 0) is 17.8 Å². The molecule has 2 nitrogen and oxygen atoms in total. The van der Waals surface area contributed by atoms with Gasteiger partial charge in [0.1, 0.15) is 0 Å². The topological polar surface area (TPSA) is 20.3 Å². The van der Waals surface area contributed by atoms with E-state index in [0.717, 1.165) is 25.1 Å². The fourth-order valence-corrected chi connectivity index (χ4v) is 3.99. The molecular weight excluding hydrogens is 302 g/mol. The molecule has 2 aromatic carbocycles. The van der Waals surface area contributed by atoms with Crippen LogP contribution in [0.5, 0.6) is 0 Å². The van der Waals surface area contributed by atoms with Gasteiger partial charge in [-0.15, -0.1) is 11.3 Å². The molecule has 0 atom stereocenters. The Balaban J connectivity index is 1.55. The fourth-order valence-electron chi connectivity index (χ4n) is 3.10. The van der Waals surface area contributed by atoms with Crippen molar-refractivity contribution in [2.45, 2.75) is 13.0 Å². The number of carbonyl (C=O) groups is 1. The minimum atomic E-state index is 0.0924. The van der Waals surface area contributed by atoms with Gasteiger partial charge in [0.05, 0.1) is 0 Å². The summed E-state index contributed by atoms with van der Waals surface area (Å²) in [6.07, 6.45) is 4.62. The highest BCUT2D eigenvalue weighted by atomic mass is 32.1. The van der Waals surface area contributed by atoms with E-state index in [9.17, 15) is 4.79 Å². The molecule has 0 aliphatic carbocycles. The van der Waals surface area contributed by atoms with Gasteiger partial charge in [-0.05, 0) is 45.8 Å². The molecule has 0 saturated carbocycles. The summed E-state index contributed by atoms with van der Waals surface area (Å²) in [5.41, 5.74) is 2.39. The van der Waals surface area contributed by atoms with Crippen LogP contribution in [0.2, 0.25) is 0 Å². The highest BCUT2D eigenvalue weighted by molar-refractivity contribution is 7.10. The van der Waals surface area contributed by atoms with Gasteiger partial charge in [-0.1, -0.05) is 42.5 Å². The minimum Gasteiger partial charge on any atom is -0.334 e. The van der Waals surface area contributed by atoms with Crippen molar-refractivity contribution in [3.63, 3.8) is 0 Å². The number of hydrogen-bond donors (Lipinski definition) is 0.